The third-order valence-electron chi connectivity index (χ3n) is 4.87. The molecule has 0 saturated carbocycles. The van der Waals surface area contributed by atoms with E-state index < -0.39 is 10.0 Å². The summed E-state index contributed by atoms with van der Waals surface area (Å²) in [4.78, 5) is 14.4. The molecule has 2 aromatic carbocycles. The first-order chi connectivity index (χ1) is 12.9. The number of anilines is 1. The zero-order chi connectivity index (χ0) is 19.6. The van der Waals surface area contributed by atoms with Crippen LogP contribution in [0.15, 0.2) is 47.4 Å². The number of hydrogen-bond acceptors (Lipinski definition) is 3. The monoisotopic (exact) mass is 406 g/mol. The standard InChI is InChI=1S/C20H23ClN2O3S/c1-3-22(4-2)20(24)17-14-16(11-12-18(17)21)27(25,26)23-13-7-9-15-8-5-6-10-19(15)23/h5-6,8,10-12,14H,3-4,7,9,13H2,1-2H3. The topological polar surface area (TPSA) is 57.7 Å². The normalized spacial score (nSPS) is 14.0. The van der Waals surface area contributed by atoms with Gasteiger partial charge in [0.15, 0.2) is 0 Å². The van der Waals surface area contributed by atoms with Gasteiger partial charge in [0.25, 0.3) is 15.9 Å². The van der Waals surface area contributed by atoms with Gasteiger partial charge in [0.05, 0.1) is 21.2 Å². The molecule has 7 heteroatoms. The Morgan fingerprint density at radius 3 is 2.56 bits per heavy atom. The van der Waals surface area contributed by atoms with Gasteiger partial charge >= 0.3 is 0 Å². The third-order valence-corrected chi connectivity index (χ3v) is 7.01. The highest BCUT2D eigenvalue weighted by molar-refractivity contribution is 7.92. The Balaban J connectivity index is 2.04. The molecule has 0 spiro atoms. The van der Waals surface area contributed by atoms with Crippen molar-refractivity contribution in [1.29, 1.82) is 0 Å². The average molecular weight is 407 g/mol. The lowest BCUT2D eigenvalue weighted by molar-refractivity contribution is 0.0773. The van der Waals surface area contributed by atoms with E-state index in [1.165, 1.54) is 22.5 Å². The molecule has 0 N–H and O–H groups in total. The Bertz CT molecular complexity index is 955. The quantitative estimate of drug-likeness (QED) is 0.755. The number of sulfonamides is 1. The first kappa shape index (κ1) is 19.7. The molecule has 2 aromatic rings. The number of rotatable bonds is 5. The minimum atomic E-state index is -3.78. The van der Waals surface area contributed by atoms with Gasteiger partial charge in [-0.3, -0.25) is 9.10 Å². The Morgan fingerprint density at radius 1 is 1.15 bits per heavy atom. The van der Waals surface area contributed by atoms with Gasteiger partial charge in [-0.25, -0.2) is 8.42 Å². The van der Waals surface area contributed by atoms with Crippen LogP contribution >= 0.6 is 11.6 Å². The predicted octanol–water partition coefficient (Wildman–Crippen LogP) is 3.96. The van der Waals surface area contributed by atoms with E-state index in [4.69, 9.17) is 11.6 Å². The van der Waals surface area contributed by atoms with Crippen LogP contribution in [0, 0.1) is 0 Å². The first-order valence-electron chi connectivity index (χ1n) is 9.09. The summed E-state index contributed by atoms with van der Waals surface area (Å²) in [7, 11) is -3.78. The van der Waals surface area contributed by atoms with Crippen molar-refractivity contribution in [3.05, 3.63) is 58.6 Å². The Kier molecular flexibility index (Phi) is 5.77. The van der Waals surface area contributed by atoms with E-state index in [2.05, 4.69) is 0 Å². The maximum atomic E-state index is 13.3. The summed E-state index contributed by atoms with van der Waals surface area (Å²) in [6.07, 6.45) is 1.61. The summed E-state index contributed by atoms with van der Waals surface area (Å²) in [6, 6.07) is 11.9. The van der Waals surface area contributed by atoms with E-state index in [-0.39, 0.29) is 21.4 Å². The van der Waals surface area contributed by atoms with Gasteiger partial charge < -0.3 is 4.90 Å². The van der Waals surface area contributed by atoms with Gasteiger partial charge in [-0.05, 0) is 56.5 Å². The first-order valence-corrected chi connectivity index (χ1v) is 10.9. The number of nitrogens with zero attached hydrogens (tertiary/aromatic N) is 2. The molecule has 3 rings (SSSR count). The Labute approximate surface area is 165 Å². The van der Waals surface area contributed by atoms with Gasteiger partial charge in [-0.1, -0.05) is 29.8 Å². The molecule has 27 heavy (non-hydrogen) atoms. The van der Waals surface area contributed by atoms with Gasteiger partial charge in [-0.2, -0.15) is 0 Å². The van der Waals surface area contributed by atoms with Crippen LogP contribution in [0.1, 0.15) is 36.2 Å². The lowest BCUT2D eigenvalue weighted by Crippen LogP contribution is -2.36. The average Bonchev–Trinajstić information content (AvgIpc) is 2.68. The highest BCUT2D eigenvalue weighted by Gasteiger charge is 2.30. The number of hydrogen-bond donors (Lipinski definition) is 0. The molecule has 0 aromatic heterocycles. The number of halogens is 1. The molecule has 0 atom stereocenters. The molecular formula is C20H23ClN2O3S. The molecule has 0 fully saturated rings. The minimum Gasteiger partial charge on any atom is -0.339 e. The fraction of sp³-hybridized carbons (Fsp3) is 0.350. The SMILES string of the molecule is CCN(CC)C(=O)c1cc(S(=O)(=O)N2CCCc3ccccc32)ccc1Cl. The summed E-state index contributed by atoms with van der Waals surface area (Å²) in [5.74, 6) is -0.263. The molecule has 1 aliphatic rings. The summed E-state index contributed by atoms with van der Waals surface area (Å²) in [6.45, 7) is 5.23. The van der Waals surface area contributed by atoms with Crippen LogP contribution in [0.2, 0.25) is 5.02 Å². The fourth-order valence-corrected chi connectivity index (χ4v) is 5.15. The van der Waals surface area contributed by atoms with E-state index in [0.29, 0.717) is 25.3 Å². The highest BCUT2D eigenvalue weighted by Crippen LogP contribution is 2.33. The van der Waals surface area contributed by atoms with Crippen molar-refractivity contribution in [3.63, 3.8) is 0 Å². The van der Waals surface area contributed by atoms with Crippen molar-refractivity contribution < 1.29 is 13.2 Å². The molecule has 5 nitrogen and oxygen atoms in total. The van der Waals surface area contributed by atoms with Gasteiger partial charge in [0, 0.05) is 19.6 Å². The Hall–Kier alpha value is -2.05. The van der Waals surface area contributed by atoms with Crippen LogP contribution in [0.3, 0.4) is 0 Å². The van der Waals surface area contributed by atoms with Crippen LogP contribution in [0.4, 0.5) is 5.69 Å². The van der Waals surface area contributed by atoms with E-state index in [9.17, 15) is 13.2 Å². The number of benzene rings is 2. The summed E-state index contributed by atoms with van der Waals surface area (Å²) in [5, 5.41) is 0.255. The molecule has 1 heterocycles. The molecule has 0 saturated heterocycles. The van der Waals surface area contributed by atoms with E-state index in [1.54, 1.807) is 4.90 Å². The molecule has 1 amide bonds. The molecular weight excluding hydrogens is 384 g/mol. The van der Waals surface area contributed by atoms with Gasteiger partial charge in [-0.15, -0.1) is 0 Å². The molecule has 1 aliphatic heterocycles. The number of amides is 1. The second-order valence-electron chi connectivity index (χ2n) is 6.43. The summed E-state index contributed by atoms with van der Waals surface area (Å²) in [5.41, 5.74) is 1.93. The van der Waals surface area contributed by atoms with Crippen LogP contribution in [0.25, 0.3) is 0 Å². The van der Waals surface area contributed by atoms with E-state index in [1.807, 2.05) is 38.1 Å². The molecule has 0 aliphatic carbocycles. The largest absolute Gasteiger partial charge is 0.339 e. The van der Waals surface area contributed by atoms with Crippen molar-refractivity contribution in [1.82, 2.24) is 4.90 Å². The highest BCUT2D eigenvalue weighted by atomic mass is 35.5. The molecule has 0 bridgehead atoms. The lowest BCUT2D eigenvalue weighted by Gasteiger charge is -2.30. The molecule has 0 unspecified atom stereocenters. The van der Waals surface area contributed by atoms with Crippen molar-refractivity contribution in [2.24, 2.45) is 0 Å². The number of fused-ring (bicyclic) bond motifs is 1. The van der Waals surface area contributed by atoms with Crippen molar-refractivity contribution in [3.8, 4) is 0 Å². The predicted molar refractivity (Wildman–Crippen MR) is 108 cm³/mol. The van der Waals surface area contributed by atoms with Crippen molar-refractivity contribution >= 4 is 33.2 Å². The number of para-hydroxylation sites is 1. The molecule has 144 valence electrons. The third kappa shape index (κ3) is 3.69. The summed E-state index contributed by atoms with van der Waals surface area (Å²) >= 11 is 6.21. The minimum absolute atomic E-state index is 0.0825. The maximum Gasteiger partial charge on any atom is 0.264 e. The van der Waals surface area contributed by atoms with Crippen molar-refractivity contribution in [2.75, 3.05) is 23.9 Å². The van der Waals surface area contributed by atoms with Crippen LogP contribution in [-0.4, -0.2) is 38.9 Å². The Morgan fingerprint density at radius 2 is 1.85 bits per heavy atom. The van der Waals surface area contributed by atoms with E-state index >= 15 is 0 Å². The number of aryl methyl sites for hydroxylation is 1. The number of carbonyl (C=O) groups excluding carboxylic acids is 1. The maximum absolute atomic E-state index is 13.3. The second-order valence-corrected chi connectivity index (χ2v) is 8.70. The zero-order valence-corrected chi connectivity index (χ0v) is 17.1. The fourth-order valence-electron chi connectivity index (χ4n) is 3.39. The number of carbonyl (C=O) groups is 1. The van der Waals surface area contributed by atoms with Crippen LogP contribution in [-0.2, 0) is 16.4 Å². The summed E-state index contributed by atoms with van der Waals surface area (Å²) < 4.78 is 28.0. The van der Waals surface area contributed by atoms with Gasteiger partial charge in [0.2, 0.25) is 0 Å². The lowest BCUT2D eigenvalue weighted by atomic mass is 10.0. The molecule has 0 radical (unpaired) electrons. The zero-order valence-electron chi connectivity index (χ0n) is 15.5. The second kappa shape index (κ2) is 7.90. The van der Waals surface area contributed by atoms with E-state index in [0.717, 1.165) is 18.4 Å². The van der Waals surface area contributed by atoms with Gasteiger partial charge in [0.1, 0.15) is 0 Å². The smallest absolute Gasteiger partial charge is 0.264 e. The van der Waals surface area contributed by atoms with Crippen LogP contribution < -0.4 is 4.31 Å². The van der Waals surface area contributed by atoms with Crippen LogP contribution in [0.5, 0.6) is 0 Å². The van der Waals surface area contributed by atoms with Crippen molar-refractivity contribution in [2.45, 2.75) is 31.6 Å².